The second-order valence-corrected chi connectivity index (χ2v) is 7.71. The lowest BCUT2D eigenvalue weighted by atomic mass is 10.1. The molecule has 0 saturated carbocycles. The van der Waals surface area contributed by atoms with Gasteiger partial charge in [-0.15, -0.1) is 0 Å². The molecule has 3 aliphatic heterocycles. The van der Waals surface area contributed by atoms with Crippen molar-refractivity contribution >= 4 is 28.9 Å². The number of anilines is 1. The Morgan fingerprint density at radius 1 is 1.14 bits per heavy atom. The number of amides is 2. The molecule has 2 amide bonds. The standard InChI is InChI=1S/C21H27N5O2/c1-3-20(27)26-13-17(14-26)23-8-10-24(11-9-23)21(28)15-25-12-16(2)22-18-6-4-5-7-19(18)25/h3-7,17H,1,8-15H2,2H3. The number of fused-ring (bicyclic) bond motifs is 1. The molecule has 0 unspecified atom stereocenters. The first kappa shape index (κ1) is 18.7. The normalized spacial score (nSPS) is 20.3. The zero-order chi connectivity index (χ0) is 19.7. The number of carbonyl (C=O) groups excluding carboxylic acids is 2. The highest BCUT2D eigenvalue weighted by atomic mass is 16.2. The van der Waals surface area contributed by atoms with Crippen molar-refractivity contribution in [1.82, 2.24) is 14.7 Å². The molecule has 0 radical (unpaired) electrons. The van der Waals surface area contributed by atoms with E-state index in [4.69, 9.17) is 0 Å². The third kappa shape index (κ3) is 3.67. The maximum atomic E-state index is 12.9. The Kier molecular flexibility index (Phi) is 5.17. The van der Waals surface area contributed by atoms with Crippen LogP contribution in [0.15, 0.2) is 41.9 Å². The minimum Gasteiger partial charge on any atom is -0.355 e. The Morgan fingerprint density at radius 3 is 2.57 bits per heavy atom. The molecule has 3 aliphatic rings. The van der Waals surface area contributed by atoms with E-state index in [1.165, 1.54) is 6.08 Å². The van der Waals surface area contributed by atoms with Crippen molar-refractivity contribution in [3.63, 3.8) is 0 Å². The molecule has 3 heterocycles. The van der Waals surface area contributed by atoms with Gasteiger partial charge in [0.1, 0.15) is 0 Å². The third-order valence-electron chi connectivity index (χ3n) is 5.81. The molecule has 28 heavy (non-hydrogen) atoms. The summed E-state index contributed by atoms with van der Waals surface area (Å²) in [6, 6.07) is 8.40. The van der Waals surface area contributed by atoms with Crippen molar-refractivity contribution in [2.75, 3.05) is 57.3 Å². The number of para-hydroxylation sites is 2. The molecule has 2 fully saturated rings. The van der Waals surface area contributed by atoms with Crippen LogP contribution in [-0.2, 0) is 9.59 Å². The van der Waals surface area contributed by atoms with Gasteiger partial charge < -0.3 is 14.7 Å². The SMILES string of the molecule is C=CC(=O)N1CC(N2CCN(C(=O)CN3CC(C)=Nc4ccccc43)CC2)C1. The van der Waals surface area contributed by atoms with Gasteiger partial charge in [0.15, 0.2) is 0 Å². The van der Waals surface area contributed by atoms with E-state index < -0.39 is 0 Å². The number of piperazine rings is 1. The Morgan fingerprint density at radius 2 is 1.86 bits per heavy atom. The van der Waals surface area contributed by atoms with Crippen LogP contribution in [0.25, 0.3) is 0 Å². The molecular formula is C21H27N5O2. The molecule has 0 aromatic heterocycles. The van der Waals surface area contributed by atoms with Gasteiger partial charge >= 0.3 is 0 Å². The molecule has 0 bridgehead atoms. The van der Waals surface area contributed by atoms with Gasteiger partial charge in [0.2, 0.25) is 11.8 Å². The molecule has 1 aromatic carbocycles. The summed E-state index contributed by atoms with van der Waals surface area (Å²) in [6.07, 6.45) is 1.37. The van der Waals surface area contributed by atoms with E-state index in [9.17, 15) is 9.59 Å². The van der Waals surface area contributed by atoms with Gasteiger partial charge in [-0.05, 0) is 25.1 Å². The van der Waals surface area contributed by atoms with Crippen LogP contribution < -0.4 is 4.90 Å². The summed E-state index contributed by atoms with van der Waals surface area (Å²) >= 11 is 0. The summed E-state index contributed by atoms with van der Waals surface area (Å²) in [5.41, 5.74) is 2.99. The number of benzene rings is 1. The second kappa shape index (κ2) is 7.75. The van der Waals surface area contributed by atoms with Crippen LogP contribution in [0.4, 0.5) is 11.4 Å². The van der Waals surface area contributed by atoms with Gasteiger partial charge in [-0.25, -0.2) is 0 Å². The van der Waals surface area contributed by atoms with Crippen molar-refractivity contribution < 1.29 is 9.59 Å². The summed E-state index contributed by atoms with van der Waals surface area (Å²) in [7, 11) is 0. The van der Waals surface area contributed by atoms with Crippen LogP contribution >= 0.6 is 0 Å². The smallest absolute Gasteiger partial charge is 0.246 e. The number of nitrogens with zero attached hydrogens (tertiary/aromatic N) is 5. The molecule has 148 valence electrons. The lowest BCUT2D eigenvalue weighted by Crippen LogP contribution is -2.64. The highest BCUT2D eigenvalue weighted by Crippen LogP contribution is 2.31. The molecule has 0 atom stereocenters. The summed E-state index contributed by atoms with van der Waals surface area (Å²) in [5, 5.41) is 0. The van der Waals surface area contributed by atoms with Crippen molar-refractivity contribution in [2.24, 2.45) is 4.99 Å². The Hall–Kier alpha value is -2.67. The largest absolute Gasteiger partial charge is 0.355 e. The number of likely N-dealkylation sites (tertiary alicyclic amines) is 1. The Bertz CT molecular complexity index is 807. The van der Waals surface area contributed by atoms with E-state index in [1.807, 2.05) is 41.0 Å². The first-order valence-electron chi connectivity index (χ1n) is 9.86. The van der Waals surface area contributed by atoms with E-state index in [1.54, 1.807) is 0 Å². The van der Waals surface area contributed by atoms with E-state index >= 15 is 0 Å². The number of carbonyl (C=O) groups is 2. The lowest BCUT2D eigenvalue weighted by Gasteiger charge is -2.48. The van der Waals surface area contributed by atoms with Gasteiger partial charge in [0.25, 0.3) is 0 Å². The predicted octanol–water partition coefficient (Wildman–Crippen LogP) is 1.14. The van der Waals surface area contributed by atoms with E-state index in [2.05, 4.69) is 21.4 Å². The molecule has 0 aliphatic carbocycles. The Balaban J connectivity index is 1.29. The zero-order valence-electron chi connectivity index (χ0n) is 16.4. The lowest BCUT2D eigenvalue weighted by molar-refractivity contribution is -0.135. The number of hydrogen-bond acceptors (Lipinski definition) is 5. The highest BCUT2D eigenvalue weighted by molar-refractivity contribution is 5.96. The van der Waals surface area contributed by atoms with E-state index in [-0.39, 0.29) is 11.8 Å². The first-order chi connectivity index (χ1) is 13.5. The van der Waals surface area contributed by atoms with Gasteiger partial charge in [-0.3, -0.25) is 19.5 Å². The van der Waals surface area contributed by atoms with Crippen molar-refractivity contribution in [2.45, 2.75) is 13.0 Å². The maximum absolute atomic E-state index is 12.9. The minimum atomic E-state index is 0.00529. The third-order valence-corrected chi connectivity index (χ3v) is 5.81. The highest BCUT2D eigenvalue weighted by Gasteiger charge is 2.36. The zero-order valence-corrected chi connectivity index (χ0v) is 16.4. The number of hydrogen-bond donors (Lipinski definition) is 0. The average Bonchev–Trinajstić information content (AvgIpc) is 2.67. The van der Waals surface area contributed by atoms with Crippen LogP contribution in [0.3, 0.4) is 0 Å². The van der Waals surface area contributed by atoms with E-state index in [0.29, 0.717) is 19.1 Å². The van der Waals surface area contributed by atoms with Crippen molar-refractivity contribution in [1.29, 1.82) is 0 Å². The van der Waals surface area contributed by atoms with Crippen LogP contribution in [0, 0.1) is 0 Å². The second-order valence-electron chi connectivity index (χ2n) is 7.71. The summed E-state index contributed by atoms with van der Waals surface area (Å²) in [5.74, 6) is 0.173. The van der Waals surface area contributed by atoms with E-state index in [0.717, 1.165) is 56.4 Å². The maximum Gasteiger partial charge on any atom is 0.246 e. The predicted molar refractivity (Wildman–Crippen MR) is 110 cm³/mol. The molecule has 7 nitrogen and oxygen atoms in total. The minimum absolute atomic E-state index is 0.00529. The number of rotatable bonds is 4. The van der Waals surface area contributed by atoms with Crippen molar-refractivity contribution in [3.8, 4) is 0 Å². The van der Waals surface area contributed by atoms with Crippen LogP contribution in [0.1, 0.15) is 6.92 Å². The number of aliphatic imine (C=N–C) groups is 1. The first-order valence-corrected chi connectivity index (χ1v) is 9.86. The average molecular weight is 381 g/mol. The van der Waals surface area contributed by atoms with Crippen LogP contribution in [0.2, 0.25) is 0 Å². The molecule has 0 spiro atoms. The summed E-state index contributed by atoms with van der Waals surface area (Å²) in [6.45, 7) is 11.4. The summed E-state index contributed by atoms with van der Waals surface area (Å²) < 4.78 is 0. The summed E-state index contributed by atoms with van der Waals surface area (Å²) in [4.78, 5) is 37.4. The molecule has 0 N–H and O–H groups in total. The Labute approximate surface area is 165 Å². The topological polar surface area (TPSA) is 59.5 Å². The molecule has 2 saturated heterocycles. The van der Waals surface area contributed by atoms with Gasteiger partial charge in [0, 0.05) is 51.0 Å². The van der Waals surface area contributed by atoms with Gasteiger partial charge in [-0.1, -0.05) is 18.7 Å². The molecule has 1 aromatic rings. The fourth-order valence-corrected chi connectivity index (χ4v) is 4.16. The van der Waals surface area contributed by atoms with Gasteiger partial charge in [-0.2, -0.15) is 0 Å². The van der Waals surface area contributed by atoms with Gasteiger partial charge in [0.05, 0.1) is 24.5 Å². The molecular weight excluding hydrogens is 354 g/mol. The molecule has 7 heteroatoms. The quantitative estimate of drug-likeness (QED) is 0.734. The van der Waals surface area contributed by atoms with Crippen LogP contribution in [0.5, 0.6) is 0 Å². The fraction of sp³-hybridized carbons (Fsp3) is 0.476. The molecule has 4 rings (SSSR count). The fourth-order valence-electron chi connectivity index (χ4n) is 4.16. The van der Waals surface area contributed by atoms with Crippen LogP contribution in [-0.4, -0.2) is 90.6 Å². The van der Waals surface area contributed by atoms with Crippen molar-refractivity contribution in [3.05, 3.63) is 36.9 Å². The monoisotopic (exact) mass is 381 g/mol.